The highest BCUT2D eigenvalue weighted by Crippen LogP contribution is 2.23. The monoisotopic (exact) mass is 438 g/mol. The first-order chi connectivity index (χ1) is 15.0. The molecule has 160 valence electrons. The van der Waals surface area contributed by atoms with Crippen LogP contribution >= 0.6 is 11.6 Å². The lowest BCUT2D eigenvalue weighted by atomic mass is 10.2. The van der Waals surface area contributed by atoms with Gasteiger partial charge in [0.1, 0.15) is 17.2 Å². The van der Waals surface area contributed by atoms with Crippen LogP contribution in [0.5, 0.6) is 11.5 Å². The highest BCUT2D eigenvalue weighted by molar-refractivity contribution is 6.30. The fraction of sp³-hybridized carbons (Fsp3) is 0.261. The summed E-state index contributed by atoms with van der Waals surface area (Å²) in [7, 11) is 0. The second kappa shape index (κ2) is 9.32. The normalized spacial score (nSPS) is 14.5. The molecule has 1 aliphatic rings. The van der Waals surface area contributed by atoms with Gasteiger partial charge in [-0.2, -0.15) is 9.78 Å². The van der Waals surface area contributed by atoms with Crippen molar-refractivity contribution in [3.05, 3.63) is 77.1 Å². The van der Waals surface area contributed by atoms with E-state index in [1.165, 1.54) is 17.2 Å². The fourth-order valence-electron chi connectivity index (χ4n) is 3.42. The zero-order valence-electron chi connectivity index (χ0n) is 17.2. The summed E-state index contributed by atoms with van der Waals surface area (Å²) in [4.78, 5) is 28.0. The first-order valence-corrected chi connectivity index (χ1v) is 10.5. The number of amides is 1. The second-order valence-corrected chi connectivity index (χ2v) is 7.88. The number of rotatable bonds is 5. The minimum atomic E-state index is -0.198. The minimum Gasteiger partial charge on any atom is -0.457 e. The Morgan fingerprint density at radius 1 is 0.935 bits per heavy atom. The zero-order chi connectivity index (χ0) is 21.8. The summed E-state index contributed by atoms with van der Waals surface area (Å²) in [6, 6.07) is 16.6. The van der Waals surface area contributed by atoms with Crippen LogP contribution in [0.2, 0.25) is 5.02 Å². The summed E-state index contributed by atoms with van der Waals surface area (Å²) >= 11 is 5.90. The molecule has 3 aromatic rings. The van der Waals surface area contributed by atoms with Crippen LogP contribution < -0.4 is 4.74 Å². The van der Waals surface area contributed by atoms with Gasteiger partial charge in [-0.15, -0.1) is 0 Å². The molecule has 0 N–H and O–H groups in total. The molecule has 0 unspecified atom stereocenters. The third-order valence-corrected chi connectivity index (χ3v) is 5.42. The molecule has 0 bridgehead atoms. The number of hydrogen-bond acceptors (Lipinski definition) is 5. The number of benzene rings is 2. The molecule has 1 saturated heterocycles. The molecular weight excluding hydrogens is 416 g/mol. The van der Waals surface area contributed by atoms with Gasteiger partial charge in [0.25, 0.3) is 0 Å². The molecule has 2 heterocycles. The molecule has 8 heteroatoms. The van der Waals surface area contributed by atoms with Crippen molar-refractivity contribution >= 4 is 23.4 Å². The Balaban J connectivity index is 1.28. The average molecular weight is 439 g/mol. The Hall–Kier alpha value is -3.16. The molecule has 4 rings (SSSR count). The van der Waals surface area contributed by atoms with Gasteiger partial charge < -0.3 is 9.64 Å². The van der Waals surface area contributed by atoms with Crippen molar-refractivity contribution in [3.8, 4) is 11.5 Å². The van der Waals surface area contributed by atoms with Crippen molar-refractivity contribution in [3.63, 3.8) is 0 Å². The summed E-state index contributed by atoms with van der Waals surface area (Å²) in [5.41, 5.74) is 1.48. The van der Waals surface area contributed by atoms with Gasteiger partial charge in [-0.1, -0.05) is 23.7 Å². The predicted molar refractivity (Wildman–Crippen MR) is 118 cm³/mol. The highest BCUT2D eigenvalue weighted by atomic mass is 35.5. The van der Waals surface area contributed by atoms with Crippen LogP contribution in [0.3, 0.4) is 0 Å². The number of halogens is 1. The first kappa shape index (κ1) is 21.1. The number of ketones is 1. The van der Waals surface area contributed by atoms with Crippen LogP contribution in [0, 0.1) is 0 Å². The number of Topliss-reactive ketones (excluding diaryl/α,β-unsaturated/α-hetero) is 1. The van der Waals surface area contributed by atoms with Crippen molar-refractivity contribution in [2.75, 3.05) is 26.2 Å². The molecule has 1 aromatic heterocycles. The van der Waals surface area contributed by atoms with Gasteiger partial charge in [0.05, 0.1) is 0 Å². The smallest absolute Gasteiger partial charge is 0.344 e. The van der Waals surface area contributed by atoms with Crippen molar-refractivity contribution in [2.45, 2.75) is 13.5 Å². The van der Waals surface area contributed by atoms with Gasteiger partial charge in [0, 0.05) is 50.9 Å². The van der Waals surface area contributed by atoms with Crippen LogP contribution in [0.1, 0.15) is 23.0 Å². The topological polar surface area (TPSA) is 67.7 Å². The molecule has 0 radical (unpaired) electrons. The maximum absolute atomic E-state index is 12.6. The maximum Gasteiger partial charge on any atom is 0.344 e. The molecule has 31 heavy (non-hydrogen) atoms. The van der Waals surface area contributed by atoms with E-state index in [0.29, 0.717) is 23.8 Å². The quantitative estimate of drug-likeness (QED) is 0.555. The maximum atomic E-state index is 12.6. The van der Waals surface area contributed by atoms with Gasteiger partial charge in [-0.3, -0.25) is 9.69 Å². The second-order valence-electron chi connectivity index (χ2n) is 7.45. The van der Waals surface area contributed by atoms with E-state index in [2.05, 4.69) is 22.1 Å². The van der Waals surface area contributed by atoms with Crippen LogP contribution in [0.15, 0.2) is 60.8 Å². The third-order valence-electron chi connectivity index (χ3n) is 5.17. The van der Waals surface area contributed by atoms with E-state index in [1.807, 2.05) is 24.3 Å². The van der Waals surface area contributed by atoms with Crippen molar-refractivity contribution in [2.24, 2.45) is 0 Å². The summed E-state index contributed by atoms with van der Waals surface area (Å²) in [6.07, 6.45) is 1.54. The van der Waals surface area contributed by atoms with Crippen molar-refractivity contribution < 1.29 is 14.3 Å². The lowest BCUT2D eigenvalue weighted by Gasteiger charge is -2.34. The molecule has 1 aliphatic heterocycles. The van der Waals surface area contributed by atoms with E-state index in [0.717, 1.165) is 31.1 Å². The van der Waals surface area contributed by atoms with E-state index >= 15 is 0 Å². The standard InChI is InChI=1S/C23H23ClN4O3/c1-17(29)22-10-11-28(25-22)23(30)27-14-12-26(13-15-27)16-18-2-6-20(7-3-18)31-21-8-4-19(24)5-9-21/h2-11H,12-16H2,1H3. The number of piperazine rings is 1. The zero-order valence-corrected chi connectivity index (χ0v) is 18.0. The van der Waals surface area contributed by atoms with Gasteiger partial charge in [0.15, 0.2) is 5.78 Å². The molecule has 0 saturated carbocycles. The Morgan fingerprint density at radius 2 is 1.55 bits per heavy atom. The number of carbonyl (C=O) groups excluding carboxylic acids is 2. The van der Waals surface area contributed by atoms with Crippen LogP contribution in [0.25, 0.3) is 0 Å². The average Bonchev–Trinajstić information content (AvgIpc) is 3.28. The number of carbonyl (C=O) groups is 2. The Kier molecular flexibility index (Phi) is 6.34. The minimum absolute atomic E-state index is 0.152. The molecular formula is C23H23ClN4O3. The van der Waals surface area contributed by atoms with Gasteiger partial charge in [-0.25, -0.2) is 4.79 Å². The van der Waals surface area contributed by atoms with Crippen LogP contribution in [-0.2, 0) is 6.54 Å². The lowest BCUT2D eigenvalue weighted by Crippen LogP contribution is -2.49. The van der Waals surface area contributed by atoms with E-state index in [9.17, 15) is 9.59 Å². The molecule has 0 spiro atoms. The van der Waals surface area contributed by atoms with Crippen molar-refractivity contribution in [1.82, 2.24) is 19.6 Å². The molecule has 1 fully saturated rings. The Labute approximate surface area is 185 Å². The number of nitrogens with zero attached hydrogens (tertiary/aromatic N) is 4. The molecule has 7 nitrogen and oxygen atoms in total. The highest BCUT2D eigenvalue weighted by Gasteiger charge is 2.23. The summed E-state index contributed by atoms with van der Waals surface area (Å²) in [5.74, 6) is 1.36. The Bertz CT molecular complexity index is 1060. The van der Waals surface area contributed by atoms with E-state index in [4.69, 9.17) is 16.3 Å². The summed E-state index contributed by atoms with van der Waals surface area (Å²) < 4.78 is 7.07. The first-order valence-electron chi connectivity index (χ1n) is 10.1. The Morgan fingerprint density at radius 3 is 2.13 bits per heavy atom. The number of aromatic nitrogens is 2. The van der Waals surface area contributed by atoms with E-state index in [-0.39, 0.29) is 11.8 Å². The SMILES string of the molecule is CC(=O)c1ccn(C(=O)N2CCN(Cc3ccc(Oc4ccc(Cl)cc4)cc3)CC2)n1. The summed E-state index contributed by atoms with van der Waals surface area (Å²) in [5, 5.41) is 4.73. The molecule has 0 aliphatic carbocycles. The molecule has 0 atom stereocenters. The molecule has 1 amide bonds. The predicted octanol–water partition coefficient (Wildman–Crippen LogP) is 4.32. The fourth-order valence-corrected chi connectivity index (χ4v) is 3.55. The largest absolute Gasteiger partial charge is 0.457 e. The van der Waals surface area contributed by atoms with Gasteiger partial charge >= 0.3 is 6.03 Å². The van der Waals surface area contributed by atoms with E-state index in [1.54, 1.807) is 29.3 Å². The van der Waals surface area contributed by atoms with Crippen LogP contribution in [-0.4, -0.2) is 57.6 Å². The number of hydrogen-bond donors (Lipinski definition) is 0. The lowest BCUT2D eigenvalue weighted by molar-refractivity contribution is 0.101. The number of ether oxygens (including phenoxy) is 1. The summed E-state index contributed by atoms with van der Waals surface area (Å²) in [6.45, 7) is 5.02. The van der Waals surface area contributed by atoms with Gasteiger partial charge in [-0.05, 0) is 48.0 Å². The van der Waals surface area contributed by atoms with Crippen LogP contribution in [0.4, 0.5) is 4.79 Å². The third kappa shape index (κ3) is 5.31. The van der Waals surface area contributed by atoms with Gasteiger partial charge in [0.2, 0.25) is 0 Å². The molecule has 2 aromatic carbocycles. The van der Waals surface area contributed by atoms with Crippen molar-refractivity contribution in [1.29, 1.82) is 0 Å². The van der Waals surface area contributed by atoms with E-state index < -0.39 is 0 Å².